The van der Waals surface area contributed by atoms with Crippen molar-refractivity contribution < 1.29 is 23.4 Å². The molecule has 1 aromatic carbocycles. The van der Waals surface area contributed by atoms with Gasteiger partial charge in [0.2, 0.25) is 8.32 Å². The molecule has 2 atom stereocenters. The van der Waals surface area contributed by atoms with E-state index in [1.807, 2.05) is 38.1 Å². The molecule has 0 aliphatic carbocycles. The van der Waals surface area contributed by atoms with Gasteiger partial charge in [0.25, 0.3) is 0 Å². The highest BCUT2D eigenvalue weighted by Crippen LogP contribution is 2.40. The molecule has 2 rings (SSSR count). The Labute approximate surface area is 170 Å². The lowest BCUT2D eigenvalue weighted by molar-refractivity contribution is -0.147. The summed E-state index contributed by atoms with van der Waals surface area (Å²) in [5.41, 5.74) is 0.235. The van der Waals surface area contributed by atoms with Crippen molar-refractivity contribution in [2.45, 2.75) is 71.6 Å². The van der Waals surface area contributed by atoms with Crippen LogP contribution in [0.15, 0.2) is 36.6 Å². The van der Waals surface area contributed by atoms with Crippen LogP contribution in [0.5, 0.6) is 5.75 Å². The number of cyclic esters (lactones) is 1. The van der Waals surface area contributed by atoms with E-state index < -0.39 is 25.9 Å². The molecule has 1 aliphatic rings. The van der Waals surface area contributed by atoms with Crippen molar-refractivity contribution in [2.24, 2.45) is 5.41 Å². The van der Waals surface area contributed by atoms with Gasteiger partial charge >= 0.3 is 5.97 Å². The first-order valence-corrected chi connectivity index (χ1v) is 12.6. The first kappa shape index (κ1) is 22.5. The van der Waals surface area contributed by atoms with Crippen LogP contribution in [-0.4, -0.2) is 33.6 Å². The van der Waals surface area contributed by atoms with Crippen molar-refractivity contribution in [3.63, 3.8) is 0 Å². The largest absolute Gasteiger partial charge is 0.544 e. The monoisotopic (exact) mass is 406 g/mol. The number of carbonyl (C=O) groups excluding carboxylic acids is 1. The Hall–Kier alpha value is -1.79. The summed E-state index contributed by atoms with van der Waals surface area (Å²) in [6.07, 6.45) is -1.04. The van der Waals surface area contributed by atoms with Crippen molar-refractivity contribution >= 4 is 14.3 Å². The quantitative estimate of drug-likeness (QED) is 0.308. The van der Waals surface area contributed by atoms with Gasteiger partial charge in [0.1, 0.15) is 17.6 Å². The fraction of sp³-hybridized carbons (Fsp3) is 0.591. The van der Waals surface area contributed by atoms with E-state index >= 15 is 0 Å². The maximum Gasteiger partial charge on any atom is 0.315 e. The minimum atomic E-state index is -1.90. The molecule has 156 valence electrons. The maximum atomic E-state index is 12.5. The summed E-state index contributed by atoms with van der Waals surface area (Å²) in [7, 11) is -0.267. The van der Waals surface area contributed by atoms with E-state index in [1.165, 1.54) is 0 Å². The van der Waals surface area contributed by atoms with Crippen LogP contribution in [0.3, 0.4) is 0 Å². The summed E-state index contributed by atoms with van der Waals surface area (Å²) in [6.45, 7) is 14.7. The SMILES string of the molecule is C=C(O[Si](CC)(CC)CC)[C@H]1OC(=O)C(C)(C)[C@H]1OCc1ccc(OC)cc1. The highest BCUT2D eigenvalue weighted by atomic mass is 28.4. The molecule has 5 nitrogen and oxygen atoms in total. The van der Waals surface area contributed by atoms with Crippen LogP contribution in [0.1, 0.15) is 40.2 Å². The summed E-state index contributed by atoms with van der Waals surface area (Å²) in [4.78, 5) is 12.5. The molecule has 0 bridgehead atoms. The zero-order valence-electron chi connectivity index (χ0n) is 18.0. The Kier molecular flexibility index (Phi) is 7.34. The van der Waals surface area contributed by atoms with Gasteiger partial charge in [0.15, 0.2) is 6.10 Å². The van der Waals surface area contributed by atoms with E-state index in [-0.39, 0.29) is 5.97 Å². The van der Waals surface area contributed by atoms with Gasteiger partial charge < -0.3 is 18.6 Å². The number of carbonyl (C=O) groups is 1. The minimum absolute atomic E-state index is 0.279. The van der Waals surface area contributed by atoms with Crippen molar-refractivity contribution in [1.82, 2.24) is 0 Å². The van der Waals surface area contributed by atoms with Gasteiger partial charge in [-0.05, 0) is 49.7 Å². The van der Waals surface area contributed by atoms with E-state index in [0.717, 1.165) is 29.4 Å². The molecule has 1 fully saturated rings. The third kappa shape index (κ3) is 4.61. The third-order valence-corrected chi connectivity index (χ3v) is 10.5. The van der Waals surface area contributed by atoms with E-state index in [0.29, 0.717) is 12.4 Å². The number of rotatable bonds is 10. The van der Waals surface area contributed by atoms with E-state index in [4.69, 9.17) is 18.6 Å². The molecular formula is C22H34O5Si. The minimum Gasteiger partial charge on any atom is -0.544 e. The molecule has 0 spiro atoms. The van der Waals surface area contributed by atoms with Crippen LogP contribution in [0.2, 0.25) is 18.1 Å². The molecular weight excluding hydrogens is 372 g/mol. The molecule has 1 aromatic rings. The molecule has 0 radical (unpaired) electrons. The summed E-state index contributed by atoms with van der Waals surface area (Å²) in [5.74, 6) is 1.04. The number of hydrogen-bond donors (Lipinski definition) is 0. The van der Waals surface area contributed by atoms with Crippen molar-refractivity contribution in [3.05, 3.63) is 42.2 Å². The standard InChI is InChI=1S/C22H34O5Si/c1-8-28(9-2,10-3)27-16(4)19-20(22(5,6)21(23)26-19)25-15-17-11-13-18(24-7)14-12-17/h11-14,19-20H,4,8-10,15H2,1-3,5-7H3/t19-,20+/m1/s1. The molecule has 6 heteroatoms. The first-order valence-electron chi connectivity index (χ1n) is 10.1. The molecule has 1 heterocycles. The summed E-state index contributed by atoms with van der Waals surface area (Å²) in [6, 6.07) is 10.7. The number of hydrogen-bond acceptors (Lipinski definition) is 5. The Balaban J connectivity index is 2.15. The van der Waals surface area contributed by atoms with Crippen molar-refractivity contribution in [3.8, 4) is 5.75 Å². The average Bonchev–Trinajstić information content (AvgIpc) is 2.94. The zero-order valence-corrected chi connectivity index (χ0v) is 19.0. The topological polar surface area (TPSA) is 54.0 Å². The van der Waals surface area contributed by atoms with Crippen LogP contribution in [0, 0.1) is 5.41 Å². The third-order valence-electron chi connectivity index (χ3n) is 5.93. The van der Waals surface area contributed by atoms with E-state index in [2.05, 4.69) is 27.4 Å². The van der Waals surface area contributed by atoms with Crippen LogP contribution in [0.4, 0.5) is 0 Å². The second kappa shape index (κ2) is 9.14. The van der Waals surface area contributed by atoms with Gasteiger partial charge in [-0.2, -0.15) is 0 Å². The number of ether oxygens (including phenoxy) is 3. The van der Waals surface area contributed by atoms with Crippen molar-refractivity contribution in [2.75, 3.05) is 7.11 Å². The Morgan fingerprint density at radius 2 is 1.71 bits per heavy atom. The Bertz CT molecular complexity index is 670. The highest BCUT2D eigenvalue weighted by Gasteiger charge is 2.54. The zero-order chi connectivity index (χ0) is 20.9. The van der Waals surface area contributed by atoms with Gasteiger partial charge in [0, 0.05) is 0 Å². The molecule has 0 unspecified atom stereocenters. The lowest BCUT2D eigenvalue weighted by Crippen LogP contribution is -2.41. The average molecular weight is 407 g/mol. The predicted octanol–water partition coefficient (Wildman–Crippen LogP) is 5.07. The highest BCUT2D eigenvalue weighted by molar-refractivity contribution is 6.73. The molecule has 0 saturated carbocycles. The normalized spacial score (nSPS) is 21.3. The summed E-state index contributed by atoms with van der Waals surface area (Å²) < 4.78 is 23.4. The fourth-order valence-electron chi connectivity index (χ4n) is 3.56. The molecule has 1 saturated heterocycles. The van der Waals surface area contributed by atoms with Crippen LogP contribution >= 0.6 is 0 Å². The number of benzene rings is 1. The number of esters is 1. The van der Waals surface area contributed by atoms with Crippen molar-refractivity contribution in [1.29, 1.82) is 0 Å². The van der Waals surface area contributed by atoms with Gasteiger partial charge in [-0.3, -0.25) is 4.79 Å². The van der Waals surface area contributed by atoms with E-state index in [1.54, 1.807) is 7.11 Å². The lowest BCUT2D eigenvalue weighted by atomic mass is 9.86. The summed E-state index contributed by atoms with van der Waals surface area (Å²) in [5, 5.41) is 0. The van der Waals surface area contributed by atoms with Crippen LogP contribution in [0.25, 0.3) is 0 Å². The molecule has 28 heavy (non-hydrogen) atoms. The molecule has 0 aromatic heterocycles. The van der Waals surface area contributed by atoms with Crippen LogP contribution in [-0.2, 0) is 25.3 Å². The predicted molar refractivity (Wildman–Crippen MR) is 113 cm³/mol. The van der Waals surface area contributed by atoms with Crippen LogP contribution < -0.4 is 4.74 Å². The lowest BCUT2D eigenvalue weighted by Gasteiger charge is -2.33. The molecule has 0 amide bonds. The number of methoxy groups -OCH3 is 1. The molecule has 0 N–H and O–H groups in total. The molecule has 1 aliphatic heterocycles. The van der Waals surface area contributed by atoms with Gasteiger partial charge in [0.05, 0.1) is 19.1 Å². The second-order valence-corrected chi connectivity index (χ2v) is 12.6. The van der Waals surface area contributed by atoms with E-state index in [9.17, 15) is 4.79 Å². The Morgan fingerprint density at radius 1 is 1.14 bits per heavy atom. The maximum absolute atomic E-state index is 12.5. The fourth-order valence-corrected chi connectivity index (χ4v) is 6.17. The smallest absolute Gasteiger partial charge is 0.315 e. The van der Waals surface area contributed by atoms with Gasteiger partial charge in [-0.25, -0.2) is 0 Å². The van der Waals surface area contributed by atoms with Gasteiger partial charge in [-0.15, -0.1) is 0 Å². The Morgan fingerprint density at radius 3 is 2.21 bits per heavy atom. The summed E-state index contributed by atoms with van der Waals surface area (Å²) >= 11 is 0. The second-order valence-electron chi connectivity index (χ2n) is 7.94. The van der Waals surface area contributed by atoms with Gasteiger partial charge in [-0.1, -0.05) is 39.5 Å². The first-order chi connectivity index (χ1) is 13.2.